The summed E-state index contributed by atoms with van der Waals surface area (Å²) in [5, 5.41) is 13.0. The maximum Gasteiger partial charge on any atom is 0.217 e. The van der Waals surface area contributed by atoms with Gasteiger partial charge in [0.1, 0.15) is 11.9 Å². The number of aliphatic hydroxyl groups excluding tert-OH is 1. The van der Waals surface area contributed by atoms with Crippen LogP contribution in [-0.2, 0) is 11.2 Å². The monoisotopic (exact) mass is 351 g/mol. The van der Waals surface area contributed by atoms with Crippen molar-refractivity contribution in [3.8, 4) is 16.2 Å². The largest absolute Gasteiger partial charge is 0.486 e. The van der Waals surface area contributed by atoms with E-state index in [4.69, 9.17) is 16.3 Å². The third-order valence-electron chi connectivity index (χ3n) is 3.75. The molecular weight excluding hydrogens is 334 g/mol. The Labute approximate surface area is 144 Å². The Hall–Kier alpha value is -1.56. The number of ether oxygens (including phenoxy) is 1. The average molecular weight is 352 g/mol. The highest BCUT2D eigenvalue weighted by molar-refractivity contribution is 7.15. The number of halogens is 1. The molecule has 3 rings (SSSR count). The number of nitrogens with one attached hydrogen (secondary N) is 1. The van der Waals surface area contributed by atoms with Crippen LogP contribution in [0.25, 0.3) is 10.4 Å². The smallest absolute Gasteiger partial charge is 0.217 e. The van der Waals surface area contributed by atoms with Crippen molar-refractivity contribution in [3.63, 3.8) is 0 Å². The molecule has 0 radical (unpaired) electrons. The zero-order chi connectivity index (χ0) is 16.6. The molecule has 6 heteroatoms. The molecular formula is C17H18ClNO3S. The maximum absolute atomic E-state index is 11.0. The van der Waals surface area contributed by atoms with E-state index in [0.29, 0.717) is 17.3 Å². The second kappa shape index (κ2) is 6.51. The van der Waals surface area contributed by atoms with E-state index in [9.17, 15) is 9.90 Å². The first-order valence-corrected chi connectivity index (χ1v) is 8.65. The molecule has 0 bridgehead atoms. The zero-order valence-corrected chi connectivity index (χ0v) is 14.5. The molecule has 2 N–H and O–H groups in total. The predicted molar refractivity (Wildman–Crippen MR) is 92.2 cm³/mol. The van der Waals surface area contributed by atoms with Crippen LogP contribution in [0.3, 0.4) is 0 Å². The average Bonchev–Trinajstić information content (AvgIpc) is 3.11. The number of aliphatic hydroxyl groups is 1. The van der Waals surface area contributed by atoms with Crippen molar-refractivity contribution in [3.05, 3.63) is 39.7 Å². The highest BCUT2D eigenvalue weighted by atomic mass is 35.5. The van der Waals surface area contributed by atoms with Gasteiger partial charge in [-0.15, -0.1) is 11.3 Å². The molecule has 122 valence electrons. The standard InChI is InChI=1S/C17H18ClNO3S/c1-9(20)15-3-4-16(23-15)11-5-12-6-13(8-19-10(2)21)22-17(12)14(18)7-11/h3-5,7,9,13,20H,6,8H2,1-2H3,(H,19,21). The summed E-state index contributed by atoms with van der Waals surface area (Å²) in [5.74, 6) is 0.638. The molecule has 0 aliphatic carbocycles. The van der Waals surface area contributed by atoms with Crippen molar-refractivity contribution >= 4 is 28.8 Å². The van der Waals surface area contributed by atoms with Gasteiger partial charge in [0, 0.05) is 28.7 Å². The van der Waals surface area contributed by atoms with Crippen molar-refractivity contribution in [2.75, 3.05) is 6.54 Å². The normalized spacial score (nSPS) is 17.5. The van der Waals surface area contributed by atoms with E-state index in [1.807, 2.05) is 18.2 Å². The second-order valence-corrected chi connectivity index (χ2v) is 7.23. The summed E-state index contributed by atoms with van der Waals surface area (Å²) in [4.78, 5) is 13.0. The fourth-order valence-corrected chi connectivity index (χ4v) is 3.85. The second-order valence-electron chi connectivity index (χ2n) is 5.71. The summed E-state index contributed by atoms with van der Waals surface area (Å²) in [6.45, 7) is 3.72. The van der Waals surface area contributed by atoms with Crippen LogP contribution in [-0.4, -0.2) is 23.7 Å². The Kier molecular flexibility index (Phi) is 4.62. The van der Waals surface area contributed by atoms with E-state index >= 15 is 0 Å². The fourth-order valence-electron chi connectivity index (χ4n) is 2.63. The van der Waals surface area contributed by atoms with Crippen LogP contribution < -0.4 is 10.1 Å². The van der Waals surface area contributed by atoms with Gasteiger partial charge in [-0.05, 0) is 36.8 Å². The minimum absolute atomic E-state index is 0.0689. The van der Waals surface area contributed by atoms with E-state index in [1.54, 1.807) is 18.3 Å². The first-order valence-electron chi connectivity index (χ1n) is 7.45. The lowest BCUT2D eigenvalue weighted by Gasteiger charge is -2.11. The molecule has 0 spiro atoms. The van der Waals surface area contributed by atoms with Crippen molar-refractivity contribution in [2.24, 2.45) is 0 Å². The third kappa shape index (κ3) is 3.52. The lowest BCUT2D eigenvalue weighted by molar-refractivity contribution is -0.119. The summed E-state index contributed by atoms with van der Waals surface area (Å²) in [7, 11) is 0. The van der Waals surface area contributed by atoms with Crippen LogP contribution in [0.4, 0.5) is 0 Å². The van der Waals surface area contributed by atoms with E-state index < -0.39 is 6.10 Å². The molecule has 2 aromatic rings. The number of hydrogen-bond donors (Lipinski definition) is 2. The number of fused-ring (bicyclic) bond motifs is 1. The fraction of sp³-hybridized carbons (Fsp3) is 0.353. The van der Waals surface area contributed by atoms with Gasteiger partial charge in [0.15, 0.2) is 0 Å². The zero-order valence-electron chi connectivity index (χ0n) is 12.9. The van der Waals surface area contributed by atoms with Gasteiger partial charge in [0.2, 0.25) is 5.91 Å². The molecule has 2 atom stereocenters. The Bertz CT molecular complexity index is 741. The molecule has 0 fully saturated rings. The predicted octanol–water partition coefficient (Wildman–Crippen LogP) is 3.56. The molecule has 2 heterocycles. The summed E-state index contributed by atoms with van der Waals surface area (Å²) in [6.07, 6.45) is 0.166. The molecule has 1 amide bonds. The van der Waals surface area contributed by atoms with Gasteiger partial charge < -0.3 is 15.2 Å². The topological polar surface area (TPSA) is 58.6 Å². The number of carbonyl (C=O) groups excluding carboxylic acids is 1. The Balaban J connectivity index is 1.83. The molecule has 0 saturated heterocycles. The summed E-state index contributed by atoms with van der Waals surface area (Å²) in [6, 6.07) is 7.89. The molecule has 1 aliphatic rings. The number of carbonyl (C=O) groups is 1. The van der Waals surface area contributed by atoms with Gasteiger partial charge in [-0.3, -0.25) is 4.79 Å². The van der Waals surface area contributed by atoms with E-state index in [-0.39, 0.29) is 12.0 Å². The SMILES string of the molecule is CC(=O)NCC1Cc2cc(-c3ccc(C(C)O)s3)cc(Cl)c2O1. The minimum atomic E-state index is -0.469. The minimum Gasteiger partial charge on any atom is -0.486 e. The molecule has 1 aromatic carbocycles. The Morgan fingerprint density at radius 3 is 2.96 bits per heavy atom. The Morgan fingerprint density at radius 1 is 1.52 bits per heavy atom. The van der Waals surface area contributed by atoms with Crippen molar-refractivity contribution < 1.29 is 14.6 Å². The summed E-state index contributed by atoms with van der Waals surface area (Å²) in [5.41, 5.74) is 2.07. The number of hydrogen-bond acceptors (Lipinski definition) is 4. The van der Waals surface area contributed by atoms with Gasteiger partial charge in [-0.1, -0.05) is 11.6 Å². The summed E-state index contributed by atoms with van der Waals surface area (Å²) < 4.78 is 5.84. The lowest BCUT2D eigenvalue weighted by atomic mass is 10.1. The Morgan fingerprint density at radius 2 is 2.30 bits per heavy atom. The van der Waals surface area contributed by atoms with Crippen molar-refractivity contribution in [1.29, 1.82) is 0 Å². The molecule has 23 heavy (non-hydrogen) atoms. The van der Waals surface area contributed by atoms with Crippen LogP contribution in [0.15, 0.2) is 24.3 Å². The van der Waals surface area contributed by atoms with Crippen LogP contribution in [0, 0.1) is 0 Å². The van der Waals surface area contributed by atoms with Crippen LogP contribution >= 0.6 is 22.9 Å². The van der Waals surface area contributed by atoms with Crippen molar-refractivity contribution in [2.45, 2.75) is 32.5 Å². The van der Waals surface area contributed by atoms with Crippen LogP contribution in [0.5, 0.6) is 5.75 Å². The lowest BCUT2D eigenvalue weighted by Crippen LogP contribution is -2.32. The first kappa shape index (κ1) is 16.3. The molecule has 1 aliphatic heterocycles. The van der Waals surface area contributed by atoms with Crippen LogP contribution in [0.2, 0.25) is 5.02 Å². The summed E-state index contributed by atoms with van der Waals surface area (Å²) >= 11 is 7.92. The highest BCUT2D eigenvalue weighted by Gasteiger charge is 2.26. The third-order valence-corrected chi connectivity index (χ3v) is 5.34. The number of thiophene rings is 1. The van der Waals surface area contributed by atoms with Gasteiger partial charge in [-0.2, -0.15) is 0 Å². The molecule has 1 aromatic heterocycles. The van der Waals surface area contributed by atoms with Gasteiger partial charge in [0.25, 0.3) is 0 Å². The molecule has 0 saturated carbocycles. The number of rotatable bonds is 4. The van der Waals surface area contributed by atoms with Gasteiger partial charge in [0.05, 0.1) is 17.7 Å². The van der Waals surface area contributed by atoms with Crippen molar-refractivity contribution in [1.82, 2.24) is 5.32 Å². The van der Waals surface area contributed by atoms with Gasteiger partial charge >= 0.3 is 0 Å². The molecule has 4 nitrogen and oxygen atoms in total. The maximum atomic E-state index is 11.0. The first-order chi connectivity index (χ1) is 10.9. The van der Waals surface area contributed by atoms with Gasteiger partial charge in [-0.25, -0.2) is 0 Å². The highest BCUT2D eigenvalue weighted by Crippen LogP contribution is 2.41. The molecule has 2 unspecified atom stereocenters. The quantitative estimate of drug-likeness (QED) is 0.885. The van der Waals surface area contributed by atoms with E-state index in [1.165, 1.54) is 6.92 Å². The number of benzene rings is 1. The van der Waals surface area contributed by atoms with Crippen LogP contribution in [0.1, 0.15) is 30.4 Å². The van der Waals surface area contributed by atoms with E-state index in [2.05, 4.69) is 11.4 Å². The number of amides is 1. The van der Waals surface area contributed by atoms with E-state index in [0.717, 1.165) is 27.3 Å².